The van der Waals surface area contributed by atoms with Crippen LogP contribution < -0.4 is 14.9 Å². The number of carbonyl (C=O) groups is 1. The van der Waals surface area contributed by atoms with Crippen molar-refractivity contribution in [2.75, 3.05) is 13.2 Å². The average molecular weight is 387 g/mol. The van der Waals surface area contributed by atoms with E-state index in [4.69, 9.17) is 9.47 Å². The van der Waals surface area contributed by atoms with Crippen molar-refractivity contribution in [3.05, 3.63) is 57.1 Å². The van der Waals surface area contributed by atoms with Gasteiger partial charge < -0.3 is 14.6 Å². The Labute approximate surface area is 161 Å². The molecule has 0 aromatic heterocycles. The average Bonchev–Trinajstić information content (AvgIpc) is 2.64. The Morgan fingerprint density at radius 3 is 2.57 bits per heavy atom. The van der Waals surface area contributed by atoms with E-state index in [9.17, 15) is 20.0 Å². The van der Waals surface area contributed by atoms with Gasteiger partial charge in [-0.3, -0.25) is 14.9 Å². The summed E-state index contributed by atoms with van der Waals surface area (Å²) in [6.07, 6.45) is 1.29. The van der Waals surface area contributed by atoms with Gasteiger partial charge >= 0.3 is 0 Å². The lowest BCUT2D eigenvalue weighted by molar-refractivity contribution is -0.385. The Hall–Kier alpha value is -3.62. The van der Waals surface area contributed by atoms with Gasteiger partial charge in [-0.1, -0.05) is 6.07 Å². The number of phenolic OH excluding ortho intramolecular Hbond substituents is 1. The molecule has 0 aliphatic carbocycles. The molecule has 0 saturated heterocycles. The molecule has 1 amide bonds. The molecule has 0 spiro atoms. The van der Waals surface area contributed by atoms with Gasteiger partial charge in [-0.2, -0.15) is 5.10 Å². The van der Waals surface area contributed by atoms with Crippen LogP contribution in [0.25, 0.3) is 0 Å². The van der Waals surface area contributed by atoms with Gasteiger partial charge in [0, 0.05) is 17.7 Å². The topological polar surface area (TPSA) is 123 Å². The molecule has 9 heteroatoms. The maximum Gasteiger partial charge on any atom is 0.277 e. The Bertz CT molecular complexity index is 888. The summed E-state index contributed by atoms with van der Waals surface area (Å²) in [7, 11) is 0. The number of phenols is 1. The molecule has 0 heterocycles. The second-order valence-corrected chi connectivity index (χ2v) is 5.87. The van der Waals surface area contributed by atoms with Gasteiger partial charge in [-0.25, -0.2) is 5.43 Å². The van der Waals surface area contributed by atoms with Crippen LogP contribution in [0.1, 0.15) is 23.6 Å². The van der Waals surface area contributed by atoms with Crippen LogP contribution in [-0.2, 0) is 4.79 Å². The van der Waals surface area contributed by atoms with Gasteiger partial charge in [-0.15, -0.1) is 0 Å². The lowest BCUT2D eigenvalue weighted by Crippen LogP contribution is -2.25. The first kappa shape index (κ1) is 20.7. The molecule has 9 nitrogen and oxygen atoms in total. The number of aromatic hydroxyl groups is 1. The first-order valence-corrected chi connectivity index (χ1v) is 8.48. The number of para-hydroxylation sites is 1. The molecular formula is C19H21N3O6. The summed E-state index contributed by atoms with van der Waals surface area (Å²) in [5, 5.41) is 24.7. The van der Waals surface area contributed by atoms with Crippen molar-refractivity contribution in [1.29, 1.82) is 0 Å². The molecule has 2 aromatic rings. The Balaban J connectivity index is 1.96. The number of benzene rings is 2. The van der Waals surface area contributed by atoms with E-state index in [-0.39, 0.29) is 18.0 Å². The number of nitro groups is 1. The fourth-order valence-electron chi connectivity index (χ4n) is 2.52. The van der Waals surface area contributed by atoms with Gasteiger partial charge in [-0.05, 0) is 44.0 Å². The summed E-state index contributed by atoms with van der Waals surface area (Å²) in [5.74, 6) is 0.140. The number of hydrogen-bond acceptors (Lipinski definition) is 7. The molecule has 0 aliphatic heterocycles. The molecule has 0 atom stereocenters. The fraction of sp³-hybridized carbons (Fsp3) is 0.263. The van der Waals surface area contributed by atoms with Crippen LogP contribution in [0.4, 0.5) is 5.69 Å². The number of nitrogens with one attached hydrogen (secondary N) is 1. The van der Waals surface area contributed by atoms with Gasteiger partial charge in [0.15, 0.2) is 18.1 Å². The molecule has 2 rings (SSSR count). The predicted octanol–water partition coefficient (Wildman–Crippen LogP) is 2.85. The fourth-order valence-corrected chi connectivity index (χ4v) is 2.52. The molecule has 2 N–H and O–H groups in total. The van der Waals surface area contributed by atoms with Crippen molar-refractivity contribution in [2.24, 2.45) is 5.10 Å². The number of rotatable bonds is 8. The van der Waals surface area contributed by atoms with Crippen LogP contribution >= 0.6 is 0 Å². The van der Waals surface area contributed by atoms with E-state index in [0.717, 1.165) is 0 Å². The number of amides is 1. The van der Waals surface area contributed by atoms with Crippen molar-refractivity contribution in [3.8, 4) is 17.2 Å². The minimum Gasteiger partial charge on any atom is -0.504 e. The number of carbonyl (C=O) groups excluding carboxylic acids is 1. The van der Waals surface area contributed by atoms with Crippen LogP contribution in [0.3, 0.4) is 0 Å². The minimum absolute atomic E-state index is 0.0366. The quantitative estimate of drug-likeness (QED) is 0.408. The smallest absolute Gasteiger partial charge is 0.277 e. The number of nitrogens with zero attached hydrogens (tertiary/aromatic N) is 2. The van der Waals surface area contributed by atoms with E-state index in [1.165, 1.54) is 18.3 Å². The van der Waals surface area contributed by atoms with E-state index in [1.807, 2.05) is 0 Å². The molecule has 0 radical (unpaired) electrons. The number of hydrazone groups is 1. The number of ether oxygens (including phenoxy) is 2. The maximum atomic E-state index is 11.9. The molecule has 28 heavy (non-hydrogen) atoms. The Morgan fingerprint density at radius 1 is 1.29 bits per heavy atom. The van der Waals surface area contributed by atoms with Crippen LogP contribution in [0.5, 0.6) is 17.2 Å². The monoisotopic (exact) mass is 387 g/mol. The third-order valence-electron chi connectivity index (χ3n) is 3.73. The van der Waals surface area contributed by atoms with Crippen molar-refractivity contribution in [1.82, 2.24) is 5.43 Å². The van der Waals surface area contributed by atoms with Gasteiger partial charge in [0.1, 0.15) is 5.75 Å². The normalized spacial score (nSPS) is 10.7. The van der Waals surface area contributed by atoms with Gasteiger partial charge in [0.05, 0.1) is 17.7 Å². The highest BCUT2D eigenvalue weighted by atomic mass is 16.6. The third kappa shape index (κ3) is 5.19. The number of hydrogen-bond donors (Lipinski definition) is 2. The number of aryl methyl sites for hydroxylation is 2. The van der Waals surface area contributed by atoms with Crippen LogP contribution in [0.15, 0.2) is 35.4 Å². The highest BCUT2D eigenvalue weighted by molar-refractivity contribution is 5.86. The molecule has 0 bridgehead atoms. The van der Waals surface area contributed by atoms with Crippen LogP contribution in [-0.4, -0.2) is 35.4 Å². The van der Waals surface area contributed by atoms with E-state index < -0.39 is 10.8 Å². The number of nitro benzene ring substituents is 1. The SMILES string of the molecule is CCOc1cccc(/C=N\NC(=O)COc2c(C)cc([N+](=O)[O-])cc2C)c1O. The Kier molecular flexibility index (Phi) is 6.91. The highest BCUT2D eigenvalue weighted by Crippen LogP contribution is 2.29. The first-order chi connectivity index (χ1) is 13.3. The van der Waals surface area contributed by atoms with E-state index in [0.29, 0.717) is 34.8 Å². The van der Waals surface area contributed by atoms with E-state index in [2.05, 4.69) is 10.5 Å². The summed E-state index contributed by atoms with van der Waals surface area (Å²) >= 11 is 0. The summed E-state index contributed by atoms with van der Waals surface area (Å²) < 4.78 is 10.7. The van der Waals surface area contributed by atoms with E-state index >= 15 is 0 Å². The second kappa shape index (κ2) is 9.36. The van der Waals surface area contributed by atoms with Crippen LogP contribution in [0, 0.1) is 24.0 Å². The maximum absolute atomic E-state index is 11.9. The highest BCUT2D eigenvalue weighted by Gasteiger charge is 2.14. The lowest BCUT2D eigenvalue weighted by atomic mass is 10.1. The predicted molar refractivity (Wildman–Crippen MR) is 103 cm³/mol. The van der Waals surface area contributed by atoms with Crippen molar-refractivity contribution < 1.29 is 24.3 Å². The molecule has 148 valence electrons. The zero-order valence-electron chi connectivity index (χ0n) is 15.8. The standard InChI is InChI=1S/C19H21N3O6/c1-4-27-16-7-5-6-14(18(16)24)10-20-21-17(23)11-28-19-12(2)8-15(22(25)26)9-13(19)3/h5-10,24H,4,11H2,1-3H3,(H,21,23)/b20-10-. The lowest BCUT2D eigenvalue weighted by Gasteiger charge is -2.11. The van der Waals surface area contributed by atoms with Crippen molar-refractivity contribution in [2.45, 2.75) is 20.8 Å². The minimum atomic E-state index is -0.520. The Morgan fingerprint density at radius 2 is 1.96 bits per heavy atom. The number of non-ortho nitro benzene ring substituents is 1. The summed E-state index contributed by atoms with van der Waals surface area (Å²) in [5.41, 5.74) is 3.75. The molecular weight excluding hydrogens is 366 g/mol. The molecule has 2 aromatic carbocycles. The third-order valence-corrected chi connectivity index (χ3v) is 3.73. The summed E-state index contributed by atoms with van der Waals surface area (Å²) in [6, 6.07) is 7.70. The molecule has 0 aliphatic rings. The zero-order chi connectivity index (χ0) is 20.7. The van der Waals surface area contributed by atoms with Gasteiger partial charge in [0.25, 0.3) is 11.6 Å². The van der Waals surface area contributed by atoms with E-state index in [1.54, 1.807) is 39.0 Å². The first-order valence-electron chi connectivity index (χ1n) is 8.48. The largest absolute Gasteiger partial charge is 0.504 e. The molecule has 0 fully saturated rings. The van der Waals surface area contributed by atoms with Crippen LogP contribution in [0.2, 0.25) is 0 Å². The molecule has 0 unspecified atom stereocenters. The second-order valence-electron chi connectivity index (χ2n) is 5.87. The zero-order valence-corrected chi connectivity index (χ0v) is 15.8. The summed E-state index contributed by atoms with van der Waals surface area (Å²) in [6.45, 7) is 5.22. The van der Waals surface area contributed by atoms with Crippen molar-refractivity contribution >= 4 is 17.8 Å². The van der Waals surface area contributed by atoms with Crippen molar-refractivity contribution in [3.63, 3.8) is 0 Å². The molecule has 0 saturated carbocycles. The summed E-state index contributed by atoms with van der Waals surface area (Å²) in [4.78, 5) is 22.3. The van der Waals surface area contributed by atoms with Gasteiger partial charge in [0.2, 0.25) is 0 Å².